The number of ether oxygens (including phenoxy) is 1. The van der Waals surface area contributed by atoms with E-state index in [0.717, 1.165) is 42.4 Å². The van der Waals surface area contributed by atoms with E-state index >= 15 is 0 Å². The molecule has 0 N–H and O–H groups in total. The van der Waals surface area contributed by atoms with Crippen LogP contribution in [0.1, 0.15) is 102 Å². The first-order valence-corrected chi connectivity index (χ1v) is 13.3. The minimum Gasteiger partial charge on any atom is -0.491 e. The van der Waals surface area contributed by atoms with Crippen molar-refractivity contribution in [3.05, 3.63) is 41.5 Å². The van der Waals surface area contributed by atoms with Gasteiger partial charge in [-0.2, -0.15) is 4.39 Å². The van der Waals surface area contributed by atoms with Gasteiger partial charge in [-0.3, -0.25) is 0 Å². The average molecular weight is 445 g/mol. The van der Waals surface area contributed by atoms with Gasteiger partial charge in [0.2, 0.25) is 5.82 Å². The highest BCUT2D eigenvalue weighted by atomic mass is 19.2. The molecule has 178 valence electrons. The summed E-state index contributed by atoms with van der Waals surface area (Å²) in [6, 6.07) is 3.36. The Kier molecular flexibility index (Phi) is 8.29. The van der Waals surface area contributed by atoms with Gasteiger partial charge in [-0.1, -0.05) is 18.2 Å². The van der Waals surface area contributed by atoms with Crippen molar-refractivity contribution in [1.82, 2.24) is 0 Å². The number of hydrogen-bond acceptors (Lipinski definition) is 1. The molecule has 1 aromatic carbocycles. The number of allylic oxidation sites excluding steroid dienone is 2. The van der Waals surface area contributed by atoms with E-state index in [1.54, 1.807) is 19.1 Å². The molecule has 4 rings (SSSR count). The first kappa shape index (κ1) is 23.8. The lowest BCUT2D eigenvalue weighted by Gasteiger charge is -2.41. The van der Waals surface area contributed by atoms with Gasteiger partial charge in [0, 0.05) is 0 Å². The third-order valence-electron chi connectivity index (χ3n) is 9.02. The summed E-state index contributed by atoms with van der Waals surface area (Å²) in [5.41, 5.74) is 0.557. The van der Waals surface area contributed by atoms with Crippen molar-refractivity contribution in [3.63, 3.8) is 0 Å². The van der Waals surface area contributed by atoms with Gasteiger partial charge in [0.25, 0.3) is 0 Å². The Bertz CT molecular complexity index is 749. The second-order valence-corrected chi connectivity index (χ2v) is 10.7. The van der Waals surface area contributed by atoms with Crippen LogP contribution in [0, 0.1) is 41.2 Å². The van der Waals surface area contributed by atoms with E-state index in [1.165, 1.54) is 64.2 Å². The van der Waals surface area contributed by atoms with Crippen molar-refractivity contribution < 1.29 is 13.5 Å². The fourth-order valence-corrected chi connectivity index (χ4v) is 7.20. The van der Waals surface area contributed by atoms with Crippen LogP contribution >= 0.6 is 0 Å². The highest BCUT2D eigenvalue weighted by Gasteiger charge is 2.35. The molecule has 0 unspecified atom stereocenters. The second-order valence-electron chi connectivity index (χ2n) is 10.7. The molecule has 3 fully saturated rings. The Hall–Kier alpha value is -1.38. The third-order valence-corrected chi connectivity index (χ3v) is 9.02. The highest BCUT2D eigenvalue weighted by molar-refractivity contribution is 5.33. The number of hydrogen-bond donors (Lipinski definition) is 0. The van der Waals surface area contributed by atoms with Crippen LogP contribution in [0.25, 0.3) is 0 Å². The van der Waals surface area contributed by atoms with Crippen LogP contribution in [0.2, 0.25) is 0 Å². The summed E-state index contributed by atoms with van der Waals surface area (Å²) >= 11 is 0. The van der Waals surface area contributed by atoms with Crippen molar-refractivity contribution >= 4 is 0 Å². The Morgan fingerprint density at radius 3 is 1.75 bits per heavy atom. The molecule has 0 saturated heterocycles. The Balaban J connectivity index is 1.24. The van der Waals surface area contributed by atoms with Crippen LogP contribution in [0.3, 0.4) is 0 Å². The Labute approximate surface area is 194 Å². The summed E-state index contributed by atoms with van der Waals surface area (Å²) < 4.78 is 34.2. The van der Waals surface area contributed by atoms with Crippen molar-refractivity contribution in [2.24, 2.45) is 29.6 Å². The standard InChI is InChI=1S/C29H42F2O/c1-3-5-20-6-8-21(9-7-20)22-10-12-23(13-11-22)24-14-16-25(17-15-24)26-18-19-27(32-4-2)29(31)28(26)30/h3,5,18-25H,4,6-17H2,1-2H3. The van der Waals surface area contributed by atoms with E-state index in [2.05, 4.69) is 19.1 Å². The SMILES string of the molecule is CC=CC1CCC(C2CCC(C3CCC(c4ccc(OCC)c(F)c4F)CC3)CC2)CC1. The van der Waals surface area contributed by atoms with Gasteiger partial charge in [-0.25, -0.2) is 4.39 Å². The molecule has 0 heterocycles. The van der Waals surface area contributed by atoms with E-state index in [9.17, 15) is 8.78 Å². The Morgan fingerprint density at radius 1 is 0.750 bits per heavy atom. The average Bonchev–Trinajstić information content (AvgIpc) is 2.83. The van der Waals surface area contributed by atoms with E-state index in [-0.39, 0.29) is 11.7 Å². The topological polar surface area (TPSA) is 9.23 Å². The lowest BCUT2D eigenvalue weighted by molar-refractivity contribution is 0.114. The molecule has 3 saturated carbocycles. The molecule has 1 aromatic rings. The lowest BCUT2D eigenvalue weighted by Crippen LogP contribution is -2.29. The summed E-state index contributed by atoms with van der Waals surface area (Å²) in [6.45, 7) is 4.28. The van der Waals surface area contributed by atoms with Crippen LogP contribution in [0.5, 0.6) is 5.75 Å². The summed E-state index contributed by atoms with van der Waals surface area (Å²) in [4.78, 5) is 0. The Morgan fingerprint density at radius 2 is 1.25 bits per heavy atom. The molecular formula is C29H42F2O. The molecule has 32 heavy (non-hydrogen) atoms. The second kappa shape index (κ2) is 11.2. The molecule has 3 heteroatoms. The van der Waals surface area contributed by atoms with Crippen LogP contribution < -0.4 is 4.74 Å². The van der Waals surface area contributed by atoms with Crippen LogP contribution in [0.4, 0.5) is 8.78 Å². The van der Waals surface area contributed by atoms with Crippen molar-refractivity contribution in [2.45, 2.75) is 96.8 Å². The molecule has 3 aliphatic carbocycles. The van der Waals surface area contributed by atoms with Gasteiger partial charge >= 0.3 is 0 Å². The van der Waals surface area contributed by atoms with E-state index in [4.69, 9.17) is 4.74 Å². The van der Waals surface area contributed by atoms with Gasteiger partial charge in [0.1, 0.15) is 0 Å². The summed E-state index contributed by atoms with van der Waals surface area (Å²) in [5, 5.41) is 0. The smallest absolute Gasteiger partial charge is 0.200 e. The molecule has 0 spiro atoms. The first-order valence-electron chi connectivity index (χ1n) is 13.3. The van der Waals surface area contributed by atoms with Crippen molar-refractivity contribution in [1.29, 1.82) is 0 Å². The van der Waals surface area contributed by atoms with Crippen molar-refractivity contribution in [2.75, 3.05) is 6.61 Å². The molecule has 0 atom stereocenters. The fraction of sp³-hybridized carbons (Fsp3) is 0.724. The van der Waals surface area contributed by atoms with Crippen LogP contribution in [0.15, 0.2) is 24.3 Å². The number of halogens is 2. The zero-order valence-electron chi connectivity index (χ0n) is 20.1. The fourth-order valence-electron chi connectivity index (χ4n) is 7.20. The van der Waals surface area contributed by atoms with Crippen molar-refractivity contribution in [3.8, 4) is 5.75 Å². The van der Waals surface area contributed by atoms with Gasteiger partial charge in [0.15, 0.2) is 11.6 Å². The molecular weight excluding hydrogens is 402 g/mol. The number of benzene rings is 1. The van der Waals surface area contributed by atoms with E-state index in [0.29, 0.717) is 12.2 Å². The highest BCUT2D eigenvalue weighted by Crippen LogP contribution is 2.47. The normalized spacial score (nSPS) is 34.0. The number of rotatable bonds is 6. The largest absolute Gasteiger partial charge is 0.491 e. The van der Waals surface area contributed by atoms with E-state index < -0.39 is 11.6 Å². The third kappa shape index (κ3) is 5.39. The zero-order valence-corrected chi connectivity index (χ0v) is 20.1. The summed E-state index contributed by atoms with van der Waals surface area (Å²) in [5.74, 6) is 3.07. The first-order chi connectivity index (χ1) is 15.6. The van der Waals surface area contributed by atoms with E-state index in [1.807, 2.05) is 0 Å². The summed E-state index contributed by atoms with van der Waals surface area (Å²) in [7, 11) is 0. The molecule has 0 aromatic heterocycles. The lowest BCUT2D eigenvalue weighted by atomic mass is 9.64. The van der Waals surface area contributed by atoms with Gasteiger partial charge < -0.3 is 4.74 Å². The maximum absolute atomic E-state index is 14.7. The molecule has 0 radical (unpaired) electrons. The maximum Gasteiger partial charge on any atom is 0.200 e. The van der Waals surface area contributed by atoms with Gasteiger partial charge in [0.05, 0.1) is 6.61 Å². The predicted octanol–water partition coefficient (Wildman–Crippen LogP) is 8.83. The van der Waals surface area contributed by atoms with Crippen LogP contribution in [-0.2, 0) is 0 Å². The predicted molar refractivity (Wildman–Crippen MR) is 128 cm³/mol. The molecule has 3 aliphatic rings. The molecule has 0 aliphatic heterocycles. The molecule has 0 bridgehead atoms. The van der Waals surface area contributed by atoms with Gasteiger partial charge in [-0.05, 0) is 138 Å². The van der Waals surface area contributed by atoms with Gasteiger partial charge in [-0.15, -0.1) is 0 Å². The minimum absolute atomic E-state index is 0.0366. The minimum atomic E-state index is -0.815. The quantitative estimate of drug-likeness (QED) is 0.398. The molecule has 1 nitrogen and oxygen atoms in total. The molecule has 0 amide bonds. The monoisotopic (exact) mass is 444 g/mol. The maximum atomic E-state index is 14.7. The zero-order chi connectivity index (χ0) is 22.5. The van der Waals surface area contributed by atoms with Crippen LogP contribution in [-0.4, -0.2) is 6.61 Å². The summed E-state index contributed by atoms with van der Waals surface area (Å²) in [6.07, 6.45) is 20.2.